The molecule has 2 aromatic carbocycles. The number of ether oxygens (including phenoxy) is 2. The Morgan fingerprint density at radius 2 is 1.62 bits per heavy atom. The number of esters is 1. The van der Waals surface area contributed by atoms with Crippen LogP contribution in [0.4, 0.5) is 42.8 Å². The van der Waals surface area contributed by atoms with Crippen LogP contribution in [0.5, 0.6) is 0 Å². The number of halogens is 6. The van der Waals surface area contributed by atoms with Crippen LogP contribution in [0.2, 0.25) is 0 Å². The Morgan fingerprint density at radius 3 is 2.19 bits per heavy atom. The highest BCUT2D eigenvalue weighted by Gasteiger charge is 2.35. The molecular weight excluding hydrogens is 630 g/mol. The summed E-state index contributed by atoms with van der Waals surface area (Å²) in [6.07, 6.45) is -8.49. The van der Waals surface area contributed by atoms with Gasteiger partial charge in [0, 0.05) is 30.5 Å². The van der Waals surface area contributed by atoms with E-state index in [0.717, 1.165) is 37.6 Å². The highest BCUT2D eigenvalue weighted by Crippen LogP contribution is 2.33. The SMILES string of the molecule is COC(=O)Cc1cc(C(F)(F)F)ccc1C#Cc1nc(Nc2ccc(C3CCN(C(=O)OC(C)(C)C)CC3)cc2)ncc1C(F)(F)F. The number of piperidine rings is 1. The van der Waals surface area contributed by atoms with Crippen LogP contribution < -0.4 is 5.32 Å². The lowest BCUT2D eigenvalue weighted by Crippen LogP contribution is -2.41. The van der Waals surface area contributed by atoms with Crippen LogP contribution in [0.1, 0.15) is 73.0 Å². The number of amides is 1. The Kier molecular flexibility index (Phi) is 10.4. The third-order valence-electron chi connectivity index (χ3n) is 7.19. The maximum atomic E-state index is 13.8. The molecule has 1 saturated heterocycles. The third kappa shape index (κ3) is 9.60. The van der Waals surface area contributed by atoms with E-state index >= 15 is 0 Å². The zero-order valence-electron chi connectivity index (χ0n) is 26.0. The van der Waals surface area contributed by atoms with Gasteiger partial charge >= 0.3 is 24.4 Å². The third-order valence-corrected chi connectivity index (χ3v) is 7.19. The van der Waals surface area contributed by atoms with Gasteiger partial charge in [-0.05, 0) is 86.9 Å². The van der Waals surface area contributed by atoms with E-state index in [0.29, 0.717) is 31.0 Å². The second-order valence-corrected chi connectivity index (χ2v) is 11.8. The Morgan fingerprint density at radius 1 is 0.957 bits per heavy atom. The summed E-state index contributed by atoms with van der Waals surface area (Å²) in [6.45, 7) is 6.51. The van der Waals surface area contributed by atoms with Gasteiger partial charge in [0.1, 0.15) is 16.9 Å². The summed E-state index contributed by atoms with van der Waals surface area (Å²) < 4.78 is 91.1. The quantitative estimate of drug-likeness (QED) is 0.172. The monoisotopic (exact) mass is 662 g/mol. The second-order valence-electron chi connectivity index (χ2n) is 11.8. The average Bonchev–Trinajstić information content (AvgIpc) is 2.99. The molecule has 0 aliphatic carbocycles. The number of anilines is 2. The lowest BCUT2D eigenvalue weighted by Gasteiger charge is -2.33. The van der Waals surface area contributed by atoms with Crippen molar-refractivity contribution in [1.29, 1.82) is 0 Å². The van der Waals surface area contributed by atoms with Crippen molar-refractivity contribution in [3.05, 3.63) is 82.2 Å². The summed E-state index contributed by atoms with van der Waals surface area (Å²) in [4.78, 5) is 33.6. The number of nitrogens with one attached hydrogen (secondary N) is 1. The molecule has 4 rings (SSSR count). The van der Waals surface area contributed by atoms with Crippen molar-refractivity contribution in [1.82, 2.24) is 14.9 Å². The lowest BCUT2D eigenvalue weighted by atomic mass is 9.89. The molecule has 0 spiro atoms. The van der Waals surface area contributed by atoms with Gasteiger partial charge in [0.2, 0.25) is 5.95 Å². The first-order valence-electron chi connectivity index (χ1n) is 14.5. The summed E-state index contributed by atoms with van der Waals surface area (Å²) in [7, 11) is 1.05. The Labute approximate surface area is 267 Å². The predicted molar refractivity (Wildman–Crippen MR) is 160 cm³/mol. The lowest BCUT2D eigenvalue weighted by molar-refractivity contribution is -0.140. The van der Waals surface area contributed by atoms with Gasteiger partial charge in [-0.15, -0.1) is 0 Å². The van der Waals surface area contributed by atoms with Crippen LogP contribution in [0, 0.1) is 11.8 Å². The van der Waals surface area contributed by atoms with E-state index in [1.165, 1.54) is 0 Å². The standard InChI is InChI=1S/C33H32F6N4O4/c1-31(2,3)47-30(45)43-15-13-22(14-16-43)20-6-10-25(11-7-20)41-29-40-19-26(33(37,38)39)27(42-29)12-8-21-5-9-24(32(34,35)36)17-23(21)18-28(44)46-4/h5-7,9-11,17,19,22H,13-16,18H2,1-4H3,(H,40,41,42). The molecule has 1 aromatic heterocycles. The van der Waals surface area contributed by atoms with Crippen molar-refractivity contribution in [3.8, 4) is 11.8 Å². The minimum Gasteiger partial charge on any atom is -0.469 e. The molecule has 3 aromatic rings. The van der Waals surface area contributed by atoms with E-state index < -0.39 is 47.2 Å². The number of hydrogen-bond acceptors (Lipinski definition) is 7. The normalized spacial score (nSPS) is 14.2. The molecule has 14 heteroatoms. The van der Waals surface area contributed by atoms with E-state index in [2.05, 4.69) is 31.9 Å². The van der Waals surface area contributed by atoms with Gasteiger partial charge in [-0.2, -0.15) is 26.3 Å². The van der Waals surface area contributed by atoms with Crippen LogP contribution in [-0.2, 0) is 33.0 Å². The number of rotatable bonds is 5. The zero-order valence-corrected chi connectivity index (χ0v) is 26.0. The van der Waals surface area contributed by atoms with E-state index in [1.54, 1.807) is 17.0 Å². The highest BCUT2D eigenvalue weighted by atomic mass is 19.4. The molecule has 0 bridgehead atoms. The topological polar surface area (TPSA) is 93.7 Å². The maximum absolute atomic E-state index is 13.8. The first-order chi connectivity index (χ1) is 21.9. The van der Waals surface area contributed by atoms with Crippen molar-refractivity contribution in [2.75, 3.05) is 25.5 Å². The Hall–Kier alpha value is -4.80. The van der Waals surface area contributed by atoms with Gasteiger partial charge in [-0.1, -0.05) is 18.1 Å². The molecule has 1 aliphatic rings. The summed E-state index contributed by atoms with van der Waals surface area (Å²) in [6, 6.07) is 9.59. The molecule has 0 saturated carbocycles. The molecule has 47 heavy (non-hydrogen) atoms. The Bertz CT molecular complexity index is 1660. The first kappa shape index (κ1) is 35.1. The largest absolute Gasteiger partial charge is 0.469 e. The van der Waals surface area contributed by atoms with E-state index in [1.807, 2.05) is 32.9 Å². The van der Waals surface area contributed by atoms with Gasteiger partial charge in [0.15, 0.2) is 0 Å². The van der Waals surface area contributed by atoms with Crippen LogP contribution in [0.3, 0.4) is 0 Å². The average molecular weight is 663 g/mol. The van der Waals surface area contributed by atoms with Crippen molar-refractivity contribution in [3.63, 3.8) is 0 Å². The minimum atomic E-state index is -4.88. The predicted octanol–water partition coefficient (Wildman–Crippen LogP) is 7.49. The van der Waals surface area contributed by atoms with Gasteiger partial charge in [-0.25, -0.2) is 14.8 Å². The number of alkyl halides is 6. The number of methoxy groups -OCH3 is 1. The van der Waals surface area contributed by atoms with Crippen LogP contribution >= 0.6 is 0 Å². The maximum Gasteiger partial charge on any atom is 0.420 e. The number of benzene rings is 2. The van der Waals surface area contributed by atoms with Crippen LogP contribution in [-0.4, -0.2) is 52.7 Å². The summed E-state index contributed by atoms with van der Waals surface area (Å²) in [5.74, 6) is 3.88. The summed E-state index contributed by atoms with van der Waals surface area (Å²) in [5, 5.41) is 2.85. The summed E-state index contributed by atoms with van der Waals surface area (Å²) >= 11 is 0. The molecule has 250 valence electrons. The second kappa shape index (κ2) is 13.9. The Balaban J connectivity index is 1.53. The van der Waals surface area contributed by atoms with E-state index in [4.69, 9.17) is 4.74 Å². The van der Waals surface area contributed by atoms with Crippen LogP contribution in [0.15, 0.2) is 48.7 Å². The molecule has 1 aliphatic heterocycles. The number of aromatic nitrogens is 2. The first-order valence-corrected chi connectivity index (χ1v) is 14.5. The molecule has 0 radical (unpaired) electrons. The van der Waals surface area contributed by atoms with E-state index in [9.17, 15) is 35.9 Å². The van der Waals surface area contributed by atoms with Gasteiger partial charge < -0.3 is 19.7 Å². The van der Waals surface area contributed by atoms with Gasteiger partial charge in [-0.3, -0.25) is 4.79 Å². The minimum absolute atomic E-state index is 0.0998. The zero-order chi connectivity index (χ0) is 34.6. The fraction of sp³-hybridized carbons (Fsp3) is 0.394. The number of nitrogens with zero attached hydrogens (tertiary/aromatic N) is 3. The molecule has 8 nitrogen and oxygen atoms in total. The molecule has 1 fully saturated rings. The molecule has 2 heterocycles. The van der Waals surface area contributed by atoms with Gasteiger partial charge in [0.25, 0.3) is 0 Å². The molecule has 0 unspecified atom stereocenters. The molecule has 0 atom stereocenters. The van der Waals surface area contributed by atoms with Gasteiger partial charge in [0.05, 0.1) is 19.1 Å². The molecule has 1 amide bonds. The number of likely N-dealkylation sites (tertiary alicyclic amines) is 1. The van der Waals surface area contributed by atoms with Crippen LogP contribution in [0.25, 0.3) is 0 Å². The number of hydrogen-bond donors (Lipinski definition) is 1. The van der Waals surface area contributed by atoms with Crippen molar-refractivity contribution in [2.24, 2.45) is 0 Å². The summed E-state index contributed by atoms with van der Waals surface area (Å²) in [5.41, 5.74) is -2.35. The van der Waals surface area contributed by atoms with Crippen molar-refractivity contribution >= 4 is 23.7 Å². The van der Waals surface area contributed by atoms with Crippen molar-refractivity contribution < 1.29 is 45.4 Å². The smallest absolute Gasteiger partial charge is 0.420 e. The fourth-order valence-electron chi connectivity index (χ4n) is 4.83. The van der Waals surface area contributed by atoms with E-state index in [-0.39, 0.29) is 29.1 Å². The number of carbonyl (C=O) groups is 2. The molecular formula is C33H32F6N4O4. The highest BCUT2D eigenvalue weighted by molar-refractivity contribution is 5.74. The van der Waals surface area contributed by atoms with Crippen molar-refractivity contribution in [2.45, 2.75) is 63.9 Å². The number of carbonyl (C=O) groups excluding carboxylic acids is 2. The molecule has 1 N–H and O–H groups in total. The fourth-order valence-corrected chi connectivity index (χ4v) is 4.83.